The van der Waals surface area contributed by atoms with Gasteiger partial charge in [-0.3, -0.25) is 10.1 Å². The predicted molar refractivity (Wildman–Crippen MR) is 99.3 cm³/mol. The number of hydrogen-bond acceptors (Lipinski definition) is 6. The van der Waals surface area contributed by atoms with E-state index in [1.807, 2.05) is 0 Å². The first-order valence-corrected chi connectivity index (χ1v) is 8.77. The Hall–Kier alpha value is -3.08. The molecule has 0 bridgehead atoms. The van der Waals surface area contributed by atoms with E-state index in [2.05, 4.69) is 5.32 Å². The third-order valence-electron chi connectivity index (χ3n) is 3.72. The second kappa shape index (κ2) is 9.16. The normalized spacial score (nSPS) is 12.2. The Morgan fingerprint density at radius 3 is 2.50 bits per heavy atom. The third-order valence-corrected chi connectivity index (χ3v) is 4.00. The highest BCUT2D eigenvalue weighted by Gasteiger charge is 2.33. The molecule has 0 aromatic heterocycles. The molecule has 12 heteroatoms. The molecule has 1 N–H and O–H groups in total. The minimum Gasteiger partial charge on any atom is -0.464 e. The van der Waals surface area contributed by atoms with E-state index in [0.29, 0.717) is 6.07 Å². The highest BCUT2D eigenvalue weighted by molar-refractivity contribution is 6.32. The molecular formula is C18H15ClF4N2O5. The molecule has 0 aliphatic carbocycles. The van der Waals surface area contributed by atoms with Gasteiger partial charge in [0.25, 0.3) is 5.69 Å². The number of alkyl halides is 3. The van der Waals surface area contributed by atoms with E-state index in [9.17, 15) is 32.5 Å². The lowest BCUT2D eigenvalue weighted by Gasteiger charge is -2.16. The summed E-state index contributed by atoms with van der Waals surface area (Å²) in [6, 6.07) is 2.95. The summed E-state index contributed by atoms with van der Waals surface area (Å²) < 4.78 is 62.4. The molecule has 2 rings (SSSR count). The summed E-state index contributed by atoms with van der Waals surface area (Å²) in [5, 5.41) is 13.2. The first kappa shape index (κ1) is 23.2. The Balaban J connectivity index is 2.38. The number of nitro benzene ring substituents is 1. The summed E-state index contributed by atoms with van der Waals surface area (Å²) in [5.41, 5.74) is -1.87. The molecule has 0 aliphatic heterocycles. The van der Waals surface area contributed by atoms with Crippen molar-refractivity contribution in [2.75, 3.05) is 11.9 Å². The zero-order chi connectivity index (χ0) is 22.6. The van der Waals surface area contributed by atoms with E-state index in [1.165, 1.54) is 6.92 Å². The first-order valence-electron chi connectivity index (χ1n) is 8.39. The van der Waals surface area contributed by atoms with Crippen molar-refractivity contribution in [2.24, 2.45) is 0 Å². The van der Waals surface area contributed by atoms with Crippen molar-refractivity contribution >= 4 is 28.9 Å². The molecule has 30 heavy (non-hydrogen) atoms. The Labute approximate surface area is 172 Å². The van der Waals surface area contributed by atoms with Crippen molar-refractivity contribution in [3.63, 3.8) is 0 Å². The standard InChI is InChI=1S/C18H15ClF4N2O5/c1-3-29-17(26)9(2)24-14-8-11(4-5-15(14)25(27)28)30-16-12(19)6-10(7-13(16)20)18(21,22)23/h4-9,24H,3H2,1-2H3. The maximum atomic E-state index is 14.1. The van der Waals surface area contributed by atoms with E-state index >= 15 is 0 Å². The summed E-state index contributed by atoms with van der Waals surface area (Å²) in [7, 11) is 0. The number of carbonyl (C=O) groups is 1. The van der Waals surface area contributed by atoms with Crippen molar-refractivity contribution in [3.05, 3.63) is 56.8 Å². The number of ether oxygens (including phenoxy) is 2. The van der Waals surface area contributed by atoms with Crippen molar-refractivity contribution in [1.82, 2.24) is 0 Å². The van der Waals surface area contributed by atoms with Gasteiger partial charge in [0.1, 0.15) is 17.5 Å². The fourth-order valence-electron chi connectivity index (χ4n) is 2.35. The number of benzene rings is 2. The highest BCUT2D eigenvalue weighted by Crippen LogP contribution is 2.40. The molecule has 2 aromatic rings. The molecule has 0 aliphatic rings. The maximum absolute atomic E-state index is 14.1. The van der Waals surface area contributed by atoms with Gasteiger partial charge in [0.15, 0.2) is 11.6 Å². The SMILES string of the molecule is CCOC(=O)C(C)Nc1cc(Oc2c(F)cc(C(F)(F)F)cc2Cl)ccc1[N+](=O)[O-]. The molecular weight excluding hydrogens is 436 g/mol. The summed E-state index contributed by atoms with van der Waals surface area (Å²) >= 11 is 5.72. The second-order valence-corrected chi connectivity index (χ2v) is 6.33. The van der Waals surface area contributed by atoms with Gasteiger partial charge in [0.05, 0.1) is 22.1 Å². The fourth-order valence-corrected chi connectivity index (χ4v) is 2.60. The monoisotopic (exact) mass is 450 g/mol. The Morgan fingerprint density at radius 2 is 1.97 bits per heavy atom. The number of nitro groups is 1. The van der Waals surface area contributed by atoms with Gasteiger partial charge in [-0.1, -0.05) is 11.6 Å². The molecule has 0 radical (unpaired) electrons. The number of hydrogen-bond donors (Lipinski definition) is 1. The van der Waals surface area contributed by atoms with Gasteiger partial charge in [-0.05, 0) is 32.0 Å². The Bertz CT molecular complexity index is 945. The molecule has 0 heterocycles. The van der Waals surface area contributed by atoms with Gasteiger partial charge < -0.3 is 14.8 Å². The predicted octanol–water partition coefficient (Wildman–Crippen LogP) is 5.56. The van der Waals surface area contributed by atoms with Crippen molar-refractivity contribution in [3.8, 4) is 11.5 Å². The molecule has 0 saturated carbocycles. The van der Waals surface area contributed by atoms with Gasteiger partial charge in [-0.2, -0.15) is 13.2 Å². The van der Waals surface area contributed by atoms with Crippen LogP contribution >= 0.6 is 11.6 Å². The molecule has 1 unspecified atom stereocenters. The van der Waals surface area contributed by atoms with Crippen LogP contribution in [0.1, 0.15) is 19.4 Å². The zero-order valence-electron chi connectivity index (χ0n) is 15.5. The smallest absolute Gasteiger partial charge is 0.416 e. The number of esters is 1. The van der Waals surface area contributed by atoms with Crippen LogP contribution in [0.4, 0.5) is 28.9 Å². The fraction of sp³-hybridized carbons (Fsp3) is 0.278. The Kier molecular flexibility index (Phi) is 7.08. The van der Waals surface area contributed by atoms with Gasteiger partial charge in [-0.15, -0.1) is 0 Å². The van der Waals surface area contributed by atoms with Crippen LogP contribution in [0, 0.1) is 15.9 Å². The van der Waals surface area contributed by atoms with Gasteiger partial charge >= 0.3 is 12.1 Å². The topological polar surface area (TPSA) is 90.7 Å². The van der Waals surface area contributed by atoms with E-state index < -0.39 is 51.0 Å². The third kappa shape index (κ3) is 5.50. The molecule has 1 atom stereocenters. The molecule has 0 saturated heterocycles. The van der Waals surface area contributed by atoms with Crippen molar-refractivity contribution < 1.29 is 36.8 Å². The number of carbonyl (C=O) groups excluding carboxylic acids is 1. The van der Waals surface area contributed by atoms with Crippen LogP contribution in [-0.2, 0) is 15.7 Å². The number of halogens is 5. The van der Waals surface area contributed by atoms with Gasteiger partial charge in [0.2, 0.25) is 0 Å². The quantitative estimate of drug-likeness (QED) is 0.257. The minimum atomic E-state index is -4.81. The van der Waals surface area contributed by atoms with Crippen LogP contribution in [-0.4, -0.2) is 23.5 Å². The lowest BCUT2D eigenvalue weighted by atomic mass is 10.2. The number of nitrogens with one attached hydrogen (secondary N) is 1. The van der Waals surface area contributed by atoms with Crippen LogP contribution in [0.15, 0.2) is 30.3 Å². The van der Waals surface area contributed by atoms with Crippen LogP contribution in [0.25, 0.3) is 0 Å². The molecule has 7 nitrogen and oxygen atoms in total. The van der Waals surface area contributed by atoms with E-state index in [1.54, 1.807) is 6.92 Å². The van der Waals surface area contributed by atoms with Crippen molar-refractivity contribution in [1.29, 1.82) is 0 Å². The van der Waals surface area contributed by atoms with Crippen LogP contribution in [0.5, 0.6) is 11.5 Å². The molecule has 0 fully saturated rings. The minimum absolute atomic E-state index is 0.0990. The number of anilines is 1. The average molecular weight is 451 g/mol. The highest BCUT2D eigenvalue weighted by atomic mass is 35.5. The summed E-state index contributed by atoms with van der Waals surface area (Å²) in [6.45, 7) is 3.09. The van der Waals surface area contributed by atoms with E-state index in [4.69, 9.17) is 21.1 Å². The van der Waals surface area contributed by atoms with E-state index in [-0.39, 0.29) is 24.1 Å². The van der Waals surface area contributed by atoms with Gasteiger partial charge in [-0.25, -0.2) is 9.18 Å². The van der Waals surface area contributed by atoms with Crippen LogP contribution in [0.2, 0.25) is 5.02 Å². The molecule has 0 spiro atoms. The summed E-state index contributed by atoms with van der Waals surface area (Å²) in [6.07, 6.45) is -4.81. The largest absolute Gasteiger partial charge is 0.464 e. The van der Waals surface area contributed by atoms with Crippen LogP contribution in [0.3, 0.4) is 0 Å². The molecule has 2 aromatic carbocycles. The summed E-state index contributed by atoms with van der Waals surface area (Å²) in [5.74, 6) is -2.90. The summed E-state index contributed by atoms with van der Waals surface area (Å²) in [4.78, 5) is 22.3. The molecule has 162 valence electrons. The number of rotatable bonds is 7. The first-order chi connectivity index (χ1) is 13.9. The van der Waals surface area contributed by atoms with Gasteiger partial charge in [0, 0.05) is 12.1 Å². The lowest BCUT2D eigenvalue weighted by molar-refractivity contribution is -0.384. The van der Waals surface area contributed by atoms with Crippen molar-refractivity contribution in [2.45, 2.75) is 26.1 Å². The lowest BCUT2D eigenvalue weighted by Crippen LogP contribution is -2.28. The van der Waals surface area contributed by atoms with E-state index in [0.717, 1.165) is 18.2 Å². The maximum Gasteiger partial charge on any atom is 0.416 e. The zero-order valence-corrected chi connectivity index (χ0v) is 16.3. The second-order valence-electron chi connectivity index (χ2n) is 5.92. The number of nitrogens with zero attached hydrogens (tertiary/aromatic N) is 1. The average Bonchev–Trinajstić information content (AvgIpc) is 2.63. The molecule has 0 amide bonds. The van der Waals surface area contributed by atoms with Crippen LogP contribution < -0.4 is 10.1 Å². The Morgan fingerprint density at radius 1 is 1.30 bits per heavy atom.